The number of piperidine rings is 1. The van der Waals surface area contributed by atoms with Crippen molar-refractivity contribution in [2.45, 2.75) is 25.7 Å². The number of hydrogen-bond donors (Lipinski definition) is 1. The van der Waals surface area contributed by atoms with Gasteiger partial charge >= 0.3 is 0 Å². The van der Waals surface area contributed by atoms with E-state index in [2.05, 4.69) is 0 Å². The summed E-state index contributed by atoms with van der Waals surface area (Å²) in [4.78, 5) is 0. The van der Waals surface area contributed by atoms with Crippen molar-refractivity contribution in [2.24, 2.45) is 17.0 Å². The minimum absolute atomic E-state index is 0.561. The highest BCUT2D eigenvalue weighted by Crippen LogP contribution is 2.34. The van der Waals surface area contributed by atoms with Crippen LogP contribution in [0.1, 0.15) is 25.7 Å². The predicted molar refractivity (Wildman–Crippen MR) is 50.1 cm³/mol. The maximum atomic E-state index is 11.1. The van der Waals surface area contributed by atoms with Crippen LogP contribution in [0.25, 0.3) is 0 Å². The second-order valence-corrected chi connectivity index (χ2v) is 5.81. The van der Waals surface area contributed by atoms with Crippen LogP contribution in [0.2, 0.25) is 0 Å². The second kappa shape index (κ2) is 3.22. The van der Waals surface area contributed by atoms with Crippen LogP contribution in [0.4, 0.5) is 0 Å². The molecular formula is C8H16N2O2S. The van der Waals surface area contributed by atoms with Crippen molar-refractivity contribution in [3.63, 3.8) is 0 Å². The molecule has 2 fully saturated rings. The van der Waals surface area contributed by atoms with Crippen LogP contribution in [0.5, 0.6) is 0 Å². The van der Waals surface area contributed by atoms with Gasteiger partial charge in [0.2, 0.25) is 0 Å². The van der Waals surface area contributed by atoms with E-state index >= 15 is 0 Å². The van der Waals surface area contributed by atoms with Crippen molar-refractivity contribution in [3.05, 3.63) is 0 Å². The molecule has 2 rings (SSSR count). The van der Waals surface area contributed by atoms with Gasteiger partial charge in [-0.05, 0) is 31.1 Å². The summed E-state index contributed by atoms with van der Waals surface area (Å²) >= 11 is 0. The molecule has 1 heterocycles. The van der Waals surface area contributed by atoms with E-state index in [1.807, 2.05) is 0 Å². The maximum absolute atomic E-state index is 11.1. The van der Waals surface area contributed by atoms with Crippen LogP contribution in [0.3, 0.4) is 0 Å². The topological polar surface area (TPSA) is 63.4 Å². The highest BCUT2D eigenvalue weighted by Gasteiger charge is 2.34. The minimum Gasteiger partial charge on any atom is -0.216 e. The second-order valence-electron chi connectivity index (χ2n) is 4.26. The summed E-state index contributed by atoms with van der Waals surface area (Å²) in [6.45, 7) is 1.30. The van der Waals surface area contributed by atoms with Gasteiger partial charge in [-0.25, -0.2) is 5.14 Å². The molecular weight excluding hydrogens is 188 g/mol. The Kier molecular flexibility index (Phi) is 2.33. The third-order valence-corrected chi connectivity index (χ3v) is 4.19. The molecule has 2 N–H and O–H groups in total. The van der Waals surface area contributed by atoms with Gasteiger partial charge in [-0.2, -0.15) is 12.7 Å². The lowest BCUT2D eigenvalue weighted by Gasteiger charge is -2.39. The molecule has 2 unspecified atom stereocenters. The Labute approximate surface area is 79.3 Å². The van der Waals surface area contributed by atoms with Crippen molar-refractivity contribution in [1.29, 1.82) is 0 Å². The fraction of sp³-hybridized carbons (Fsp3) is 1.00. The lowest BCUT2D eigenvalue weighted by Crippen LogP contribution is -2.48. The Morgan fingerprint density at radius 1 is 1.15 bits per heavy atom. The third-order valence-electron chi connectivity index (χ3n) is 3.17. The monoisotopic (exact) mass is 204 g/mol. The number of nitrogens with zero attached hydrogens (tertiary/aromatic N) is 1. The molecule has 13 heavy (non-hydrogen) atoms. The van der Waals surface area contributed by atoms with Gasteiger partial charge < -0.3 is 0 Å². The molecule has 1 saturated carbocycles. The van der Waals surface area contributed by atoms with Crippen LogP contribution in [-0.2, 0) is 10.2 Å². The zero-order chi connectivity index (χ0) is 9.47. The largest absolute Gasteiger partial charge is 0.276 e. The maximum Gasteiger partial charge on any atom is 0.276 e. The summed E-state index contributed by atoms with van der Waals surface area (Å²) in [6, 6.07) is 0. The number of rotatable bonds is 1. The van der Waals surface area contributed by atoms with Crippen molar-refractivity contribution in [1.82, 2.24) is 4.31 Å². The molecule has 2 atom stereocenters. The Balaban J connectivity index is 2.10. The molecule has 5 heteroatoms. The molecule has 0 radical (unpaired) electrons. The van der Waals surface area contributed by atoms with Crippen LogP contribution in [0.15, 0.2) is 0 Å². The quantitative estimate of drug-likeness (QED) is 0.668. The summed E-state index contributed by atoms with van der Waals surface area (Å²) < 4.78 is 23.7. The lowest BCUT2D eigenvalue weighted by atomic mass is 9.79. The standard InChI is InChI=1S/C8H16N2O2S/c9-13(11,12)10-5-7-2-1-3-8(4-7)6-10/h7-8H,1-6H2,(H2,9,11,12). The van der Waals surface area contributed by atoms with E-state index in [1.165, 1.54) is 30.0 Å². The van der Waals surface area contributed by atoms with Crippen molar-refractivity contribution >= 4 is 10.2 Å². The highest BCUT2D eigenvalue weighted by atomic mass is 32.2. The molecule has 2 aliphatic rings. The van der Waals surface area contributed by atoms with Crippen LogP contribution >= 0.6 is 0 Å². The minimum atomic E-state index is -3.43. The SMILES string of the molecule is NS(=O)(=O)N1CC2CCCC(C2)C1. The first kappa shape index (κ1) is 9.43. The van der Waals surface area contributed by atoms with E-state index in [4.69, 9.17) is 5.14 Å². The van der Waals surface area contributed by atoms with Gasteiger partial charge in [0.05, 0.1) is 0 Å². The molecule has 0 spiro atoms. The summed E-state index contributed by atoms with van der Waals surface area (Å²) in [6.07, 6.45) is 4.80. The molecule has 76 valence electrons. The number of nitrogens with two attached hydrogens (primary N) is 1. The zero-order valence-electron chi connectivity index (χ0n) is 7.65. The van der Waals surface area contributed by atoms with E-state index < -0.39 is 10.2 Å². The molecule has 1 aliphatic heterocycles. The van der Waals surface area contributed by atoms with Gasteiger partial charge in [-0.3, -0.25) is 0 Å². The first-order chi connectivity index (χ1) is 6.05. The van der Waals surface area contributed by atoms with E-state index in [1.54, 1.807) is 0 Å². The van der Waals surface area contributed by atoms with Gasteiger partial charge in [-0.15, -0.1) is 0 Å². The Morgan fingerprint density at radius 3 is 2.15 bits per heavy atom. The van der Waals surface area contributed by atoms with E-state index in [-0.39, 0.29) is 0 Å². The van der Waals surface area contributed by atoms with Crippen LogP contribution in [-0.4, -0.2) is 25.8 Å². The average molecular weight is 204 g/mol. The average Bonchev–Trinajstić information content (AvgIpc) is 2.01. The molecule has 0 aromatic rings. The van der Waals surface area contributed by atoms with Crippen molar-refractivity contribution < 1.29 is 8.42 Å². The van der Waals surface area contributed by atoms with E-state index in [9.17, 15) is 8.42 Å². The highest BCUT2D eigenvalue weighted by molar-refractivity contribution is 7.86. The summed E-state index contributed by atoms with van der Waals surface area (Å²) in [7, 11) is -3.43. The first-order valence-electron chi connectivity index (χ1n) is 4.83. The van der Waals surface area contributed by atoms with Crippen molar-refractivity contribution in [3.8, 4) is 0 Å². The fourth-order valence-corrected chi connectivity index (χ4v) is 3.43. The molecule has 0 aromatic carbocycles. The van der Waals surface area contributed by atoms with E-state index in [0.717, 1.165) is 0 Å². The first-order valence-corrected chi connectivity index (χ1v) is 6.34. The predicted octanol–water partition coefficient (Wildman–Crippen LogP) is 0.312. The van der Waals surface area contributed by atoms with Gasteiger partial charge in [0.15, 0.2) is 0 Å². The van der Waals surface area contributed by atoms with E-state index in [0.29, 0.717) is 24.9 Å². The normalized spacial score (nSPS) is 36.1. The molecule has 2 bridgehead atoms. The molecule has 1 saturated heterocycles. The summed E-state index contributed by atoms with van der Waals surface area (Å²) in [5, 5.41) is 5.11. The van der Waals surface area contributed by atoms with Gasteiger partial charge in [0.25, 0.3) is 10.2 Å². The van der Waals surface area contributed by atoms with Crippen LogP contribution in [0, 0.1) is 11.8 Å². The van der Waals surface area contributed by atoms with Crippen LogP contribution < -0.4 is 5.14 Å². The number of fused-ring (bicyclic) bond motifs is 2. The molecule has 0 aromatic heterocycles. The summed E-state index contributed by atoms with van der Waals surface area (Å²) in [5.41, 5.74) is 0. The Morgan fingerprint density at radius 2 is 1.69 bits per heavy atom. The number of hydrogen-bond acceptors (Lipinski definition) is 2. The molecule has 4 nitrogen and oxygen atoms in total. The van der Waals surface area contributed by atoms with Gasteiger partial charge in [0, 0.05) is 13.1 Å². The Hall–Kier alpha value is -0.130. The third kappa shape index (κ3) is 2.03. The molecule has 0 amide bonds. The zero-order valence-corrected chi connectivity index (χ0v) is 8.46. The lowest BCUT2D eigenvalue weighted by molar-refractivity contribution is 0.144. The fourth-order valence-electron chi connectivity index (χ4n) is 2.59. The van der Waals surface area contributed by atoms with Gasteiger partial charge in [-0.1, -0.05) is 6.42 Å². The van der Waals surface area contributed by atoms with Gasteiger partial charge in [0.1, 0.15) is 0 Å². The smallest absolute Gasteiger partial charge is 0.216 e. The Bertz CT molecular complexity index is 277. The van der Waals surface area contributed by atoms with Crippen molar-refractivity contribution in [2.75, 3.05) is 13.1 Å². The molecule has 1 aliphatic carbocycles. The summed E-state index contributed by atoms with van der Waals surface area (Å²) in [5.74, 6) is 1.12.